The lowest BCUT2D eigenvalue weighted by molar-refractivity contribution is -0.137. The molecule has 1 aromatic rings. The van der Waals surface area contributed by atoms with E-state index in [1.807, 2.05) is 24.3 Å². The van der Waals surface area contributed by atoms with Gasteiger partial charge in [-0.15, -0.1) is 0 Å². The zero-order valence-corrected chi connectivity index (χ0v) is 18.3. The highest BCUT2D eigenvalue weighted by Crippen LogP contribution is 2.37. The van der Waals surface area contributed by atoms with Crippen molar-refractivity contribution in [2.45, 2.75) is 57.0 Å². The summed E-state index contributed by atoms with van der Waals surface area (Å²) in [5.74, 6) is -0.676. The number of rotatable bonds is 11. The molecule has 9 heteroatoms. The molecule has 0 spiro atoms. The predicted molar refractivity (Wildman–Crippen MR) is 119 cm³/mol. The van der Waals surface area contributed by atoms with Gasteiger partial charge in [-0.05, 0) is 30.4 Å². The van der Waals surface area contributed by atoms with Crippen LogP contribution < -0.4 is 0 Å². The molecule has 1 aliphatic carbocycles. The third-order valence-corrected chi connectivity index (χ3v) is 6.18. The quantitative estimate of drug-likeness (QED) is 0.176. The van der Waals surface area contributed by atoms with E-state index in [0.717, 1.165) is 31.5 Å². The van der Waals surface area contributed by atoms with E-state index in [0.29, 0.717) is 38.3 Å². The second-order valence-corrected chi connectivity index (χ2v) is 8.27. The Morgan fingerprint density at radius 2 is 2.09 bits per heavy atom. The van der Waals surface area contributed by atoms with Gasteiger partial charge in [-0.2, -0.15) is 0 Å². The summed E-state index contributed by atoms with van der Waals surface area (Å²) in [4.78, 5) is 15.9. The van der Waals surface area contributed by atoms with E-state index in [2.05, 4.69) is 21.0 Å². The number of ether oxygens (including phenoxy) is 2. The van der Waals surface area contributed by atoms with Crippen LogP contribution in [0.25, 0.3) is 10.4 Å². The summed E-state index contributed by atoms with van der Waals surface area (Å²) in [6.45, 7) is 3.19. The summed E-state index contributed by atoms with van der Waals surface area (Å²) in [6.07, 6.45) is 6.27. The number of hydrogen-bond acceptors (Lipinski definition) is 6. The van der Waals surface area contributed by atoms with Crippen LogP contribution in [-0.2, 0) is 20.9 Å². The third kappa shape index (κ3) is 6.79. The molecule has 1 saturated carbocycles. The van der Waals surface area contributed by atoms with E-state index in [1.54, 1.807) is 6.07 Å². The minimum Gasteiger partial charge on any atom is -0.481 e. The molecule has 32 heavy (non-hydrogen) atoms. The van der Waals surface area contributed by atoms with Crippen LogP contribution in [0.1, 0.15) is 37.7 Å². The van der Waals surface area contributed by atoms with E-state index in [9.17, 15) is 9.90 Å². The van der Waals surface area contributed by atoms with Gasteiger partial charge in [-0.25, -0.2) is 0 Å². The van der Waals surface area contributed by atoms with Crippen molar-refractivity contribution in [2.24, 2.45) is 11.0 Å². The van der Waals surface area contributed by atoms with Crippen LogP contribution in [0.3, 0.4) is 0 Å². The molecule has 0 bridgehead atoms. The second-order valence-electron chi connectivity index (χ2n) is 8.27. The van der Waals surface area contributed by atoms with Gasteiger partial charge in [0.1, 0.15) is 0 Å². The highest BCUT2D eigenvalue weighted by molar-refractivity contribution is 5.66. The minimum absolute atomic E-state index is 0.0139. The Morgan fingerprint density at radius 1 is 1.31 bits per heavy atom. The maximum atomic E-state index is 10.9. The summed E-state index contributed by atoms with van der Waals surface area (Å²) in [7, 11) is 0. The van der Waals surface area contributed by atoms with E-state index < -0.39 is 12.1 Å². The normalized spacial score (nSPS) is 26.3. The van der Waals surface area contributed by atoms with E-state index in [1.165, 1.54) is 0 Å². The van der Waals surface area contributed by atoms with Crippen LogP contribution >= 0.6 is 0 Å². The minimum atomic E-state index is -0.779. The second kappa shape index (κ2) is 12.6. The standard InChI is InChI=1S/C23H32N4O5/c24-26-25-19-9-6-5-7-17(19)16-32-21-15-20(28)23(27-11-13-31-14-12-27)18(21)8-3-1-2-4-10-22(29)30/h1,3,5-7,9,18,20-21,23,28H,2,4,8,10-16H2,(H,29,30)/t18-,20+,21-,23+/m0/s1. The van der Waals surface area contributed by atoms with Crippen LogP contribution in [0.4, 0.5) is 5.69 Å². The lowest BCUT2D eigenvalue weighted by Gasteiger charge is -2.37. The molecule has 0 radical (unpaired) electrons. The van der Waals surface area contributed by atoms with Crippen molar-refractivity contribution in [1.29, 1.82) is 0 Å². The number of allylic oxidation sites excluding steroid dienone is 2. The highest BCUT2D eigenvalue weighted by atomic mass is 16.5. The number of nitrogens with zero attached hydrogens (tertiary/aromatic N) is 4. The van der Waals surface area contributed by atoms with Crippen molar-refractivity contribution in [1.82, 2.24) is 4.90 Å². The summed E-state index contributed by atoms with van der Waals surface area (Å²) >= 11 is 0. The molecule has 174 valence electrons. The molecule has 0 aromatic heterocycles. The van der Waals surface area contributed by atoms with E-state index >= 15 is 0 Å². The topological polar surface area (TPSA) is 128 Å². The van der Waals surface area contributed by atoms with Gasteiger partial charge in [0.25, 0.3) is 0 Å². The number of azide groups is 1. The van der Waals surface area contributed by atoms with Crippen LogP contribution in [0.5, 0.6) is 0 Å². The Hall–Kier alpha value is -2.42. The molecule has 4 atom stereocenters. The Kier molecular flexibility index (Phi) is 9.52. The fraction of sp³-hybridized carbons (Fsp3) is 0.609. The van der Waals surface area contributed by atoms with Crippen molar-refractivity contribution in [2.75, 3.05) is 26.3 Å². The zero-order chi connectivity index (χ0) is 22.8. The van der Waals surface area contributed by atoms with Crippen LogP contribution in [0.15, 0.2) is 41.5 Å². The number of carbonyl (C=O) groups is 1. The number of unbranched alkanes of at least 4 members (excludes halogenated alkanes) is 1. The first-order valence-electron chi connectivity index (χ1n) is 11.2. The zero-order valence-electron chi connectivity index (χ0n) is 18.3. The van der Waals surface area contributed by atoms with Crippen molar-refractivity contribution < 1.29 is 24.5 Å². The maximum absolute atomic E-state index is 10.9. The SMILES string of the molecule is [N-]=[N+]=Nc1ccccc1CO[C@H]1C[C@@H](O)[C@H](N2CCOCC2)[C@H]1CC=CCCCC(=O)O. The molecule has 2 fully saturated rings. The smallest absolute Gasteiger partial charge is 0.303 e. The molecule has 1 aromatic carbocycles. The Balaban J connectivity index is 1.67. The number of morpholine rings is 1. The molecule has 1 saturated heterocycles. The van der Waals surface area contributed by atoms with Crippen molar-refractivity contribution in [3.63, 3.8) is 0 Å². The van der Waals surface area contributed by atoms with Gasteiger partial charge < -0.3 is 19.7 Å². The Bertz CT molecular complexity index is 820. The number of hydrogen-bond donors (Lipinski definition) is 2. The molecule has 1 aliphatic heterocycles. The van der Waals surface area contributed by atoms with E-state index in [4.69, 9.17) is 20.1 Å². The summed E-state index contributed by atoms with van der Waals surface area (Å²) in [6, 6.07) is 7.33. The molecular weight excluding hydrogens is 412 g/mol. The van der Waals surface area contributed by atoms with Gasteiger partial charge >= 0.3 is 5.97 Å². The molecule has 9 nitrogen and oxygen atoms in total. The van der Waals surface area contributed by atoms with Crippen molar-refractivity contribution in [3.05, 3.63) is 52.4 Å². The Labute approximate surface area is 188 Å². The fourth-order valence-electron chi connectivity index (χ4n) is 4.65. The number of carboxylic acids is 1. The van der Waals surface area contributed by atoms with Gasteiger partial charge in [0.05, 0.1) is 32.0 Å². The van der Waals surface area contributed by atoms with Gasteiger partial charge in [0.15, 0.2) is 0 Å². The Morgan fingerprint density at radius 3 is 2.84 bits per heavy atom. The summed E-state index contributed by atoms with van der Waals surface area (Å²) < 4.78 is 11.8. The lowest BCUT2D eigenvalue weighted by Crippen LogP contribution is -2.50. The monoisotopic (exact) mass is 444 g/mol. The first-order chi connectivity index (χ1) is 15.6. The molecule has 2 aliphatic rings. The fourth-order valence-corrected chi connectivity index (χ4v) is 4.65. The predicted octanol–water partition coefficient (Wildman–Crippen LogP) is 3.80. The number of benzene rings is 1. The molecule has 0 amide bonds. The first-order valence-corrected chi connectivity index (χ1v) is 11.2. The van der Waals surface area contributed by atoms with Gasteiger partial charge in [0.2, 0.25) is 0 Å². The average Bonchev–Trinajstić information content (AvgIpc) is 3.11. The number of aliphatic hydroxyl groups is 1. The number of aliphatic hydroxyl groups excluding tert-OH is 1. The molecular formula is C23H32N4O5. The summed E-state index contributed by atoms with van der Waals surface area (Å²) in [5, 5.41) is 23.4. The van der Waals surface area contributed by atoms with Crippen LogP contribution in [0.2, 0.25) is 0 Å². The number of carboxylic acid groups (broad SMARTS) is 1. The average molecular weight is 445 g/mol. The van der Waals surface area contributed by atoms with Gasteiger partial charge in [-0.3, -0.25) is 9.69 Å². The maximum Gasteiger partial charge on any atom is 0.303 e. The summed E-state index contributed by atoms with van der Waals surface area (Å²) in [5.41, 5.74) is 10.2. The lowest BCUT2D eigenvalue weighted by atomic mass is 9.94. The van der Waals surface area contributed by atoms with Crippen LogP contribution in [0, 0.1) is 5.92 Å². The molecule has 1 heterocycles. The van der Waals surface area contributed by atoms with Crippen molar-refractivity contribution >= 4 is 11.7 Å². The van der Waals surface area contributed by atoms with E-state index in [-0.39, 0.29) is 24.5 Å². The first kappa shape index (κ1) is 24.2. The van der Waals surface area contributed by atoms with Crippen molar-refractivity contribution in [3.8, 4) is 0 Å². The van der Waals surface area contributed by atoms with Gasteiger partial charge in [0, 0.05) is 48.5 Å². The largest absolute Gasteiger partial charge is 0.481 e. The molecule has 2 N–H and O–H groups in total. The molecule has 0 unspecified atom stereocenters. The number of aliphatic carboxylic acids is 1. The van der Waals surface area contributed by atoms with Gasteiger partial charge in [-0.1, -0.05) is 41.5 Å². The molecule has 3 rings (SSSR count). The third-order valence-electron chi connectivity index (χ3n) is 6.18. The highest BCUT2D eigenvalue weighted by Gasteiger charge is 2.45. The van der Waals surface area contributed by atoms with Crippen LogP contribution in [-0.4, -0.2) is 65.6 Å².